The minimum atomic E-state index is -0.181. The first-order valence-corrected chi connectivity index (χ1v) is 8.89. The van der Waals surface area contributed by atoms with Gasteiger partial charge in [-0.2, -0.15) is 0 Å². The third-order valence-electron chi connectivity index (χ3n) is 4.68. The molecule has 0 N–H and O–H groups in total. The Bertz CT molecular complexity index is 787. The van der Waals surface area contributed by atoms with Crippen LogP contribution in [0.4, 0.5) is 0 Å². The van der Waals surface area contributed by atoms with Crippen LogP contribution in [-0.2, 0) is 12.8 Å². The van der Waals surface area contributed by atoms with Crippen LogP contribution in [0.3, 0.4) is 0 Å². The fourth-order valence-corrected chi connectivity index (χ4v) is 4.65. The Morgan fingerprint density at radius 3 is 2.68 bits per heavy atom. The maximum atomic E-state index is 12.8. The van der Waals surface area contributed by atoms with Gasteiger partial charge in [0.05, 0.1) is 0 Å². The Labute approximate surface area is 132 Å². The maximum absolute atomic E-state index is 12.8. The summed E-state index contributed by atoms with van der Waals surface area (Å²) < 4.78 is 1.69. The number of aromatic nitrogens is 2. The van der Waals surface area contributed by atoms with Gasteiger partial charge in [-0.05, 0) is 44.9 Å². The van der Waals surface area contributed by atoms with Crippen LogP contribution >= 0.6 is 11.3 Å². The Morgan fingerprint density at radius 1 is 1.09 bits per heavy atom. The number of carbonyl (C=O) groups is 1. The van der Waals surface area contributed by atoms with E-state index in [1.807, 2.05) is 0 Å². The van der Waals surface area contributed by atoms with Crippen LogP contribution in [0.5, 0.6) is 0 Å². The molecule has 2 aromatic heterocycles. The third kappa shape index (κ3) is 2.17. The lowest BCUT2D eigenvalue weighted by Crippen LogP contribution is -2.39. The number of likely N-dealkylation sites (tertiary alicyclic amines) is 1. The van der Waals surface area contributed by atoms with E-state index in [0.29, 0.717) is 0 Å². The van der Waals surface area contributed by atoms with Crippen molar-refractivity contribution in [3.05, 3.63) is 32.7 Å². The molecule has 6 heteroatoms. The fraction of sp³-hybridized carbons (Fsp3) is 0.562. The van der Waals surface area contributed by atoms with E-state index in [-0.39, 0.29) is 17.0 Å². The molecule has 0 spiro atoms. The molecule has 22 heavy (non-hydrogen) atoms. The van der Waals surface area contributed by atoms with Gasteiger partial charge in [0.2, 0.25) is 0 Å². The molecule has 5 nitrogen and oxygen atoms in total. The summed E-state index contributed by atoms with van der Waals surface area (Å²) in [6, 6.07) is 0. The zero-order valence-corrected chi connectivity index (χ0v) is 13.3. The largest absolute Gasteiger partial charge is 0.338 e. The smallest absolute Gasteiger partial charge is 0.271 e. The van der Waals surface area contributed by atoms with Crippen LogP contribution in [0.2, 0.25) is 0 Å². The van der Waals surface area contributed by atoms with Crippen molar-refractivity contribution in [3.8, 4) is 0 Å². The van der Waals surface area contributed by atoms with Crippen LogP contribution in [0, 0.1) is 0 Å². The van der Waals surface area contributed by atoms with Crippen molar-refractivity contribution in [2.45, 2.75) is 44.9 Å². The van der Waals surface area contributed by atoms with Gasteiger partial charge in [-0.1, -0.05) is 0 Å². The SMILES string of the molecule is O=C(c1cnc2sc3c(n2c1=O)CCCC3)N1CCCCC1. The van der Waals surface area contributed by atoms with Crippen molar-refractivity contribution >= 4 is 22.2 Å². The molecule has 0 aromatic carbocycles. The Hall–Kier alpha value is -1.69. The fourth-order valence-electron chi connectivity index (χ4n) is 3.48. The van der Waals surface area contributed by atoms with Gasteiger partial charge >= 0.3 is 0 Å². The number of thiazole rings is 1. The topological polar surface area (TPSA) is 54.7 Å². The van der Waals surface area contributed by atoms with Gasteiger partial charge in [0.15, 0.2) is 4.96 Å². The predicted octanol–water partition coefficient (Wildman–Crippen LogP) is 2.26. The second-order valence-corrected chi connectivity index (χ2v) is 7.19. The molecule has 0 radical (unpaired) electrons. The summed E-state index contributed by atoms with van der Waals surface area (Å²) in [6.07, 6.45) is 8.92. The van der Waals surface area contributed by atoms with E-state index < -0.39 is 0 Å². The van der Waals surface area contributed by atoms with Gasteiger partial charge < -0.3 is 4.90 Å². The summed E-state index contributed by atoms with van der Waals surface area (Å²) in [5.74, 6) is -0.151. The van der Waals surface area contributed by atoms with Gasteiger partial charge in [-0.15, -0.1) is 11.3 Å². The molecule has 2 aliphatic rings. The van der Waals surface area contributed by atoms with Crippen molar-refractivity contribution in [2.24, 2.45) is 0 Å². The molecule has 1 fully saturated rings. The van der Waals surface area contributed by atoms with Crippen LogP contribution in [0.15, 0.2) is 11.0 Å². The second kappa shape index (κ2) is 5.50. The zero-order valence-electron chi connectivity index (χ0n) is 12.5. The lowest BCUT2D eigenvalue weighted by molar-refractivity contribution is 0.0722. The quantitative estimate of drug-likeness (QED) is 0.811. The number of nitrogens with zero attached hydrogens (tertiary/aromatic N) is 3. The molecular formula is C16H19N3O2S. The van der Waals surface area contributed by atoms with E-state index >= 15 is 0 Å². The van der Waals surface area contributed by atoms with E-state index in [4.69, 9.17) is 0 Å². The molecule has 4 rings (SSSR count). The molecule has 116 valence electrons. The van der Waals surface area contributed by atoms with Crippen LogP contribution in [-0.4, -0.2) is 33.3 Å². The highest BCUT2D eigenvalue weighted by molar-refractivity contribution is 7.17. The first kappa shape index (κ1) is 13.9. The molecular weight excluding hydrogens is 298 g/mol. The molecule has 0 atom stereocenters. The number of aryl methyl sites for hydroxylation is 2. The molecule has 3 heterocycles. The normalized spacial score (nSPS) is 18.5. The molecule has 1 aliphatic carbocycles. The lowest BCUT2D eigenvalue weighted by Gasteiger charge is -2.26. The predicted molar refractivity (Wildman–Crippen MR) is 85.7 cm³/mol. The Kier molecular flexibility index (Phi) is 3.48. The molecule has 0 unspecified atom stereocenters. The number of piperidine rings is 1. The van der Waals surface area contributed by atoms with Crippen LogP contribution < -0.4 is 5.56 Å². The van der Waals surface area contributed by atoms with E-state index in [0.717, 1.165) is 62.3 Å². The molecule has 2 aromatic rings. The molecule has 0 bridgehead atoms. The summed E-state index contributed by atoms with van der Waals surface area (Å²) in [7, 11) is 0. The number of amides is 1. The van der Waals surface area contributed by atoms with Crippen molar-refractivity contribution in [2.75, 3.05) is 13.1 Å². The third-order valence-corrected chi connectivity index (χ3v) is 5.83. The van der Waals surface area contributed by atoms with Gasteiger partial charge in [-0.3, -0.25) is 14.0 Å². The lowest BCUT2D eigenvalue weighted by atomic mass is 10.0. The highest BCUT2D eigenvalue weighted by Gasteiger charge is 2.24. The number of rotatable bonds is 1. The summed E-state index contributed by atoms with van der Waals surface area (Å²) >= 11 is 1.60. The highest BCUT2D eigenvalue weighted by Crippen LogP contribution is 2.28. The van der Waals surface area contributed by atoms with E-state index in [2.05, 4.69) is 4.98 Å². The summed E-state index contributed by atoms with van der Waals surface area (Å²) in [5, 5.41) is 0. The minimum absolute atomic E-state index is 0.151. The highest BCUT2D eigenvalue weighted by atomic mass is 32.1. The van der Waals surface area contributed by atoms with Gasteiger partial charge in [0.25, 0.3) is 11.5 Å². The summed E-state index contributed by atoms with van der Waals surface area (Å²) in [4.78, 5) is 33.6. The Morgan fingerprint density at radius 2 is 1.86 bits per heavy atom. The molecule has 0 saturated carbocycles. The molecule has 1 amide bonds. The average Bonchev–Trinajstić information content (AvgIpc) is 2.95. The van der Waals surface area contributed by atoms with Crippen molar-refractivity contribution in [1.29, 1.82) is 0 Å². The van der Waals surface area contributed by atoms with Crippen molar-refractivity contribution < 1.29 is 4.79 Å². The molecule has 1 saturated heterocycles. The van der Waals surface area contributed by atoms with Crippen LogP contribution in [0.1, 0.15) is 53.0 Å². The first-order valence-electron chi connectivity index (χ1n) is 8.07. The van der Waals surface area contributed by atoms with E-state index in [1.54, 1.807) is 20.6 Å². The van der Waals surface area contributed by atoms with Gasteiger partial charge in [0, 0.05) is 29.9 Å². The molecule has 1 aliphatic heterocycles. The van der Waals surface area contributed by atoms with Crippen LogP contribution in [0.25, 0.3) is 4.96 Å². The van der Waals surface area contributed by atoms with Crippen molar-refractivity contribution in [1.82, 2.24) is 14.3 Å². The number of hydrogen-bond donors (Lipinski definition) is 0. The zero-order chi connectivity index (χ0) is 15.1. The van der Waals surface area contributed by atoms with E-state index in [9.17, 15) is 9.59 Å². The average molecular weight is 317 g/mol. The Balaban J connectivity index is 1.80. The van der Waals surface area contributed by atoms with Gasteiger partial charge in [0.1, 0.15) is 5.56 Å². The second-order valence-electron chi connectivity index (χ2n) is 6.13. The summed E-state index contributed by atoms with van der Waals surface area (Å²) in [5.41, 5.74) is 1.13. The monoisotopic (exact) mass is 317 g/mol. The number of carbonyl (C=O) groups excluding carboxylic acids is 1. The van der Waals surface area contributed by atoms with Crippen molar-refractivity contribution in [3.63, 3.8) is 0 Å². The minimum Gasteiger partial charge on any atom is -0.338 e. The summed E-state index contributed by atoms with van der Waals surface area (Å²) in [6.45, 7) is 1.51. The maximum Gasteiger partial charge on any atom is 0.271 e. The van der Waals surface area contributed by atoms with Gasteiger partial charge in [-0.25, -0.2) is 4.98 Å². The van der Waals surface area contributed by atoms with E-state index in [1.165, 1.54) is 17.5 Å². The first-order chi connectivity index (χ1) is 10.8. The number of fused-ring (bicyclic) bond motifs is 3. The standard InChI is InChI=1S/C16H19N3O2S/c20-14(18-8-4-1-5-9-18)11-10-17-16-19(15(11)21)12-6-2-3-7-13(12)22-16/h10H,1-9H2. The number of hydrogen-bond acceptors (Lipinski definition) is 4.